The third kappa shape index (κ3) is 11.5. The topological polar surface area (TPSA) is 123 Å². The lowest BCUT2D eigenvalue weighted by molar-refractivity contribution is -0.115. The van der Waals surface area contributed by atoms with E-state index < -0.39 is 0 Å². The fraction of sp³-hybridized carbons (Fsp3) is 0.300. The van der Waals surface area contributed by atoms with E-state index in [0.717, 1.165) is 26.2 Å². The smallest absolute Gasteiger partial charge is 0.221 e. The fourth-order valence-corrected chi connectivity index (χ4v) is 2.10. The Kier molecular flexibility index (Phi) is 10.8. The Morgan fingerprint density at radius 1 is 0.679 bits per heavy atom. The predicted octanol–water partition coefficient (Wildman–Crippen LogP) is 1.88. The lowest BCUT2D eigenvalue weighted by Crippen LogP contribution is -2.39. The highest BCUT2D eigenvalue weighted by atomic mass is 16.3. The molecule has 1 aliphatic rings. The number of piperazine rings is 1. The van der Waals surface area contributed by atoms with Crippen LogP contribution in [0.2, 0.25) is 0 Å². The fourth-order valence-electron chi connectivity index (χ4n) is 2.10. The van der Waals surface area contributed by atoms with Gasteiger partial charge in [-0.1, -0.05) is 0 Å². The van der Waals surface area contributed by atoms with Gasteiger partial charge >= 0.3 is 0 Å². The largest absolute Gasteiger partial charge is 0.508 e. The van der Waals surface area contributed by atoms with Gasteiger partial charge < -0.3 is 31.5 Å². The molecule has 1 aliphatic heterocycles. The number of phenols is 2. The first-order chi connectivity index (χ1) is 13.4. The van der Waals surface area contributed by atoms with Crippen LogP contribution >= 0.6 is 0 Å². The zero-order valence-corrected chi connectivity index (χ0v) is 16.2. The van der Waals surface area contributed by atoms with Gasteiger partial charge in [0.15, 0.2) is 0 Å². The summed E-state index contributed by atoms with van der Waals surface area (Å²) in [6.07, 6.45) is 0. The standard InChI is InChI=1S/2C8H9NO2.C4H10N2/c2*1-6(10)9-7-2-4-8(11)5-3-7;1-2-6-4-3-5-1/h2*2-5,11H,1H3,(H,9,10);5-6H,1-4H2. The van der Waals surface area contributed by atoms with Crippen LogP contribution in [0.15, 0.2) is 48.5 Å². The van der Waals surface area contributed by atoms with Crippen LogP contribution in [0.25, 0.3) is 0 Å². The van der Waals surface area contributed by atoms with E-state index in [-0.39, 0.29) is 23.3 Å². The summed E-state index contributed by atoms with van der Waals surface area (Å²) in [5, 5.41) is 29.4. The van der Waals surface area contributed by atoms with Gasteiger partial charge in [0.2, 0.25) is 11.8 Å². The van der Waals surface area contributed by atoms with Crippen molar-refractivity contribution in [2.24, 2.45) is 0 Å². The molecule has 2 aromatic carbocycles. The molecule has 0 atom stereocenters. The molecule has 0 radical (unpaired) electrons. The van der Waals surface area contributed by atoms with Crippen LogP contribution in [-0.2, 0) is 9.59 Å². The highest BCUT2D eigenvalue weighted by molar-refractivity contribution is 5.89. The van der Waals surface area contributed by atoms with E-state index in [0.29, 0.717) is 11.4 Å². The van der Waals surface area contributed by atoms with Gasteiger partial charge in [0.05, 0.1) is 0 Å². The molecular weight excluding hydrogens is 360 g/mol. The van der Waals surface area contributed by atoms with E-state index in [2.05, 4.69) is 21.3 Å². The molecule has 152 valence electrons. The molecule has 0 unspecified atom stereocenters. The number of hydrogen-bond donors (Lipinski definition) is 6. The molecule has 1 heterocycles. The zero-order chi connectivity index (χ0) is 20.8. The summed E-state index contributed by atoms with van der Waals surface area (Å²) in [6, 6.07) is 12.6. The van der Waals surface area contributed by atoms with Gasteiger partial charge in [-0.15, -0.1) is 0 Å². The van der Waals surface area contributed by atoms with Gasteiger partial charge in [0, 0.05) is 51.4 Å². The molecule has 0 saturated carbocycles. The maximum Gasteiger partial charge on any atom is 0.221 e. The van der Waals surface area contributed by atoms with Crippen molar-refractivity contribution in [3.05, 3.63) is 48.5 Å². The summed E-state index contributed by atoms with van der Waals surface area (Å²) in [5.74, 6) is 0.157. The number of phenolic OH excluding ortho intramolecular Hbond substituents is 2. The van der Waals surface area contributed by atoms with Crippen LogP contribution < -0.4 is 21.3 Å². The Balaban J connectivity index is 0.000000219. The summed E-state index contributed by atoms with van der Waals surface area (Å²) in [5.41, 5.74) is 1.38. The van der Waals surface area contributed by atoms with Crippen LogP contribution in [0.3, 0.4) is 0 Å². The number of rotatable bonds is 2. The summed E-state index contributed by atoms with van der Waals surface area (Å²) in [7, 11) is 0. The van der Waals surface area contributed by atoms with Crippen LogP contribution in [-0.4, -0.2) is 48.2 Å². The van der Waals surface area contributed by atoms with Gasteiger partial charge in [-0.2, -0.15) is 0 Å². The molecule has 8 nitrogen and oxygen atoms in total. The van der Waals surface area contributed by atoms with Gasteiger partial charge in [-0.25, -0.2) is 0 Å². The van der Waals surface area contributed by atoms with E-state index >= 15 is 0 Å². The van der Waals surface area contributed by atoms with E-state index in [9.17, 15) is 9.59 Å². The molecule has 8 heteroatoms. The number of nitrogens with one attached hydrogen (secondary N) is 4. The third-order valence-corrected chi connectivity index (χ3v) is 3.33. The van der Waals surface area contributed by atoms with Crippen molar-refractivity contribution >= 4 is 23.2 Å². The van der Waals surface area contributed by atoms with Crippen molar-refractivity contribution in [3.63, 3.8) is 0 Å². The lowest BCUT2D eigenvalue weighted by atomic mass is 10.3. The summed E-state index contributed by atoms with van der Waals surface area (Å²) < 4.78 is 0. The van der Waals surface area contributed by atoms with Crippen molar-refractivity contribution in [1.82, 2.24) is 10.6 Å². The number of carbonyl (C=O) groups excluding carboxylic acids is 2. The minimum Gasteiger partial charge on any atom is -0.508 e. The molecule has 2 amide bonds. The van der Waals surface area contributed by atoms with Gasteiger partial charge in [0.25, 0.3) is 0 Å². The maximum absolute atomic E-state index is 10.5. The summed E-state index contributed by atoms with van der Waals surface area (Å²) in [6.45, 7) is 7.43. The second kappa shape index (κ2) is 13.1. The van der Waals surface area contributed by atoms with Crippen LogP contribution in [0.5, 0.6) is 11.5 Å². The van der Waals surface area contributed by atoms with Crippen molar-refractivity contribution in [1.29, 1.82) is 0 Å². The number of anilines is 2. The number of aromatic hydroxyl groups is 2. The van der Waals surface area contributed by atoms with E-state index in [4.69, 9.17) is 10.2 Å². The molecule has 3 rings (SSSR count). The first-order valence-corrected chi connectivity index (χ1v) is 8.91. The van der Waals surface area contributed by atoms with Crippen molar-refractivity contribution < 1.29 is 19.8 Å². The van der Waals surface area contributed by atoms with Gasteiger partial charge in [0.1, 0.15) is 11.5 Å². The minimum atomic E-state index is -0.115. The molecule has 0 spiro atoms. The number of hydrogen-bond acceptors (Lipinski definition) is 6. The quantitative estimate of drug-likeness (QED) is 0.437. The van der Waals surface area contributed by atoms with Crippen LogP contribution in [0.4, 0.5) is 11.4 Å². The second-order valence-electron chi connectivity index (χ2n) is 5.96. The first-order valence-electron chi connectivity index (χ1n) is 8.91. The monoisotopic (exact) mass is 388 g/mol. The van der Waals surface area contributed by atoms with E-state index in [1.165, 1.54) is 38.1 Å². The maximum atomic E-state index is 10.5. The van der Waals surface area contributed by atoms with Crippen LogP contribution in [0, 0.1) is 0 Å². The predicted molar refractivity (Wildman–Crippen MR) is 111 cm³/mol. The van der Waals surface area contributed by atoms with Crippen molar-refractivity contribution in [3.8, 4) is 11.5 Å². The van der Waals surface area contributed by atoms with E-state index in [1.54, 1.807) is 24.3 Å². The highest BCUT2D eigenvalue weighted by Gasteiger charge is 1.94. The number of benzene rings is 2. The molecule has 0 bridgehead atoms. The SMILES string of the molecule is C1CNCCN1.CC(=O)Nc1ccc(O)cc1.CC(=O)Nc1ccc(O)cc1. The van der Waals surface area contributed by atoms with Crippen LogP contribution in [0.1, 0.15) is 13.8 Å². The van der Waals surface area contributed by atoms with Gasteiger partial charge in [-0.05, 0) is 48.5 Å². The average Bonchev–Trinajstić information content (AvgIpc) is 2.67. The summed E-state index contributed by atoms with van der Waals surface area (Å²) >= 11 is 0. The molecule has 2 aromatic rings. The summed E-state index contributed by atoms with van der Waals surface area (Å²) in [4.78, 5) is 21.0. The molecule has 1 fully saturated rings. The Morgan fingerprint density at radius 3 is 1.18 bits per heavy atom. The Hall–Kier alpha value is -3.10. The first kappa shape index (κ1) is 22.9. The number of amides is 2. The molecule has 0 aromatic heterocycles. The van der Waals surface area contributed by atoms with Gasteiger partial charge in [-0.3, -0.25) is 9.59 Å². The Labute approximate surface area is 165 Å². The van der Waals surface area contributed by atoms with Crippen molar-refractivity contribution in [2.75, 3.05) is 36.8 Å². The van der Waals surface area contributed by atoms with E-state index in [1.807, 2.05) is 0 Å². The second-order valence-corrected chi connectivity index (χ2v) is 5.96. The average molecular weight is 388 g/mol. The number of carbonyl (C=O) groups is 2. The molecule has 6 N–H and O–H groups in total. The Bertz CT molecular complexity index is 645. The Morgan fingerprint density at radius 2 is 0.964 bits per heavy atom. The molecular formula is C20H28N4O4. The van der Waals surface area contributed by atoms with Crippen molar-refractivity contribution in [2.45, 2.75) is 13.8 Å². The normalized spacial score (nSPS) is 12.4. The molecule has 1 saturated heterocycles. The lowest BCUT2D eigenvalue weighted by Gasteiger charge is -2.11. The molecule has 0 aliphatic carbocycles. The third-order valence-electron chi connectivity index (χ3n) is 3.33. The molecule has 28 heavy (non-hydrogen) atoms. The zero-order valence-electron chi connectivity index (χ0n) is 16.2. The minimum absolute atomic E-state index is 0.115. The highest BCUT2D eigenvalue weighted by Crippen LogP contribution is 2.13.